The highest BCUT2D eigenvalue weighted by Crippen LogP contribution is 2.22. The van der Waals surface area contributed by atoms with Crippen molar-refractivity contribution < 1.29 is 22.4 Å². The van der Waals surface area contributed by atoms with E-state index in [0.717, 1.165) is 16.1 Å². The van der Waals surface area contributed by atoms with Crippen molar-refractivity contribution in [1.29, 1.82) is 0 Å². The van der Waals surface area contributed by atoms with Gasteiger partial charge in [-0.05, 0) is 44.4 Å². The van der Waals surface area contributed by atoms with Gasteiger partial charge >= 0.3 is 0 Å². The number of sulfonamides is 1. The molecule has 9 heteroatoms. The Bertz CT molecular complexity index is 1060. The number of carbonyl (C=O) groups excluding carboxylic acids is 2. The first-order chi connectivity index (χ1) is 16.0. The third-order valence-electron chi connectivity index (χ3n) is 5.29. The summed E-state index contributed by atoms with van der Waals surface area (Å²) in [7, 11) is -3.75. The number of benzene rings is 2. The molecule has 1 N–H and O–H groups in total. The number of nitrogens with one attached hydrogen (secondary N) is 1. The molecular weight excluding hydrogens is 457 g/mol. The molecule has 0 radical (unpaired) electrons. The van der Waals surface area contributed by atoms with Crippen molar-refractivity contribution in [2.75, 3.05) is 17.1 Å². The monoisotopic (exact) mass is 491 g/mol. The van der Waals surface area contributed by atoms with Crippen molar-refractivity contribution in [2.24, 2.45) is 0 Å². The number of anilines is 1. The molecular formula is C25H34FN3O4S. The molecule has 0 bridgehead atoms. The lowest BCUT2D eigenvalue weighted by atomic mass is 10.1. The van der Waals surface area contributed by atoms with Crippen molar-refractivity contribution in [3.05, 3.63) is 66.0 Å². The largest absolute Gasteiger partial charge is 0.352 e. The van der Waals surface area contributed by atoms with E-state index in [-0.39, 0.29) is 49.5 Å². The van der Waals surface area contributed by atoms with Gasteiger partial charge in [0.2, 0.25) is 21.8 Å². The highest BCUT2D eigenvalue weighted by Gasteiger charge is 2.29. The van der Waals surface area contributed by atoms with Gasteiger partial charge in [-0.3, -0.25) is 13.9 Å². The Balaban J connectivity index is 2.20. The van der Waals surface area contributed by atoms with Gasteiger partial charge in [0.25, 0.3) is 0 Å². The SMILES string of the molecule is CCC(C(=O)NC(C)C)N(Cc1ccccc1)C(=O)CCCN(c1ccccc1F)S(C)(=O)=O. The molecule has 0 saturated heterocycles. The fourth-order valence-corrected chi connectivity index (χ4v) is 4.68. The van der Waals surface area contributed by atoms with Crippen LogP contribution in [0.2, 0.25) is 0 Å². The van der Waals surface area contributed by atoms with E-state index in [2.05, 4.69) is 5.32 Å². The molecule has 1 atom stereocenters. The van der Waals surface area contributed by atoms with E-state index in [9.17, 15) is 22.4 Å². The lowest BCUT2D eigenvalue weighted by Crippen LogP contribution is -2.50. The first-order valence-corrected chi connectivity index (χ1v) is 13.3. The zero-order valence-electron chi connectivity index (χ0n) is 20.2. The molecule has 0 fully saturated rings. The fourth-order valence-electron chi connectivity index (χ4n) is 3.72. The highest BCUT2D eigenvalue weighted by atomic mass is 32.2. The third-order valence-corrected chi connectivity index (χ3v) is 6.47. The summed E-state index contributed by atoms with van der Waals surface area (Å²) in [5.41, 5.74) is 0.831. The van der Waals surface area contributed by atoms with Gasteiger partial charge < -0.3 is 10.2 Å². The van der Waals surface area contributed by atoms with Crippen LogP contribution in [0.25, 0.3) is 0 Å². The molecule has 0 aromatic heterocycles. The minimum atomic E-state index is -3.75. The third kappa shape index (κ3) is 7.83. The van der Waals surface area contributed by atoms with Gasteiger partial charge in [-0.2, -0.15) is 0 Å². The molecule has 0 saturated carbocycles. The first kappa shape index (κ1) is 27.3. The first-order valence-electron chi connectivity index (χ1n) is 11.4. The summed E-state index contributed by atoms with van der Waals surface area (Å²) in [5, 5.41) is 2.87. The van der Waals surface area contributed by atoms with Gasteiger partial charge in [0, 0.05) is 25.6 Å². The molecule has 34 heavy (non-hydrogen) atoms. The van der Waals surface area contributed by atoms with Gasteiger partial charge in [0.15, 0.2) is 0 Å². The Labute approximate surface area is 202 Å². The lowest BCUT2D eigenvalue weighted by Gasteiger charge is -2.31. The topological polar surface area (TPSA) is 86.8 Å². The van der Waals surface area contributed by atoms with Gasteiger partial charge in [0.1, 0.15) is 11.9 Å². The molecule has 1 unspecified atom stereocenters. The van der Waals surface area contributed by atoms with Crippen molar-refractivity contribution in [2.45, 2.75) is 58.7 Å². The Kier molecular flexibility index (Phi) is 10.0. The summed E-state index contributed by atoms with van der Waals surface area (Å²) in [5.74, 6) is -1.15. The number of hydrogen-bond acceptors (Lipinski definition) is 4. The Morgan fingerprint density at radius 2 is 1.65 bits per heavy atom. The number of carbonyl (C=O) groups is 2. The van der Waals surface area contributed by atoms with E-state index in [1.54, 1.807) is 11.0 Å². The molecule has 0 aliphatic heterocycles. The summed E-state index contributed by atoms with van der Waals surface area (Å²) >= 11 is 0. The zero-order valence-corrected chi connectivity index (χ0v) is 21.0. The van der Waals surface area contributed by atoms with E-state index < -0.39 is 21.9 Å². The van der Waals surface area contributed by atoms with Crippen molar-refractivity contribution in [3.63, 3.8) is 0 Å². The van der Waals surface area contributed by atoms with Crippen LogP contribution in [0, 0.1) is 5.82 Å². The molecule has 2 amide bonds. The molecule has 2 rings (SSSR count). The van der Waals surface area contributed by atoms with Crippen molar-refractivity contribution in [1.82, 2.24) is 10.2 Å². The van der Waals surface area contributed by atoms with Gasteiger partial charge in [-0.15, -0.1) is 0 Å². The second-order valence-corrected chi connectivity index (χ2v) is 10.4. The Morgan fingerprint density at radius 1 is 1.03 bits per heavy atom. The number of para-hydroxylation sites is 1. The predicted molar refractivity (Wildman–Crippen MR) is 132 cm³/mol. The normalized spacial score (nSPS) is 12.3. The van der Waals surface area contributed by atoms with Crippen molar-refractivity contribution in [3.8, 4) is 0 Å². The van der Waals surface area contributed by atoms with Crippen molar-refractivity contribution >= 4 is 27.5 Å². The number of halogens is 1. The molecule has 0 aliphatic rings. The molecule has 0 spiro atoms. The van der Waals surface area contributed by atoms with E-state index in [1.165, 1.54) is 18.2 Å². The van der Waals surface area contributed by atoms with Crippen LogP contribution in [0.5, 0.6) is 0 Å². The average molecular weight is 492 g/mol. The maximum Gasteiger partial charge on any atom is 0.243 e. The minimum absolute atomic E-state index is 0.0127. The van der Waals surface area contributed by atoms with Crippen LogP contribution < -0.4 is 9.62 Å². The smallest absolute Gasteiger partial charge is 0.243 e. The van der Waals surface area contributed by atoms with Gasteiger partial charge in [0.05, 0.1) is 11.9 Å². The van der Waals surface area contributed by atoms with E-state index in [1.807, 2.05) is 51.1 Å². The Hall–Kier alpha value is -2.94. The van der Waals surface area contributed by atoms with Crippen LogP contribution in [0.1, 0.15) is 45.6 Å². The zero-order chi connectivity index (χ0) is 25.3. The van der Waals surface area contributed by atoms with E-state index in [4.69, 9.17) is 0 Å². The van der Waals surface area contributed by atoms with Crippen LogP contribution in [-0.2, 0) is 26.2 Å². The number of nitrogens with zero attached hydrogens (tertiary/aromatic N) is 2. The summed E-state index contributed by atoms with van der Waals surface area (Å²) in [6, 6.07) is 14.3. The number of hydrogen-bond donors (Lipinski definition) is 1. The number of amides is 2. The molecule has 7 nitrogen and oxygen atoms in total. The molecule has 0 aliphatic carbocycles. The average Bonchev–Trinajstić information content (AvgIpc) is 2.76. The fraction of sp³-hybridized carbons (Fsp3) is 0.440. The summed E-state index contributed by atoms with van der Waals surface area (Å²) in [6.45, 7) is 5.76. The summed E-state index contributed by atoms with van der Waals surface area (Å²) in [4.78, 5) is 27.6. The second kappa shape index (κ2) is 12.5. The lowest BCUT2D eigenvalue weighted by molar-refractivity contribution is -0.141. The van der Waals surface area contributed by atoms with Crippen LogP contribution >= 0.6 is 0 Å². The van der Waals surface area contributed by atoms with Crippen LogP contribution in [0.15, 0.2) is 54.6 Å². The molecule has 2 aromatic rings. The quantitative estimate of drug-likeness (QED) is 0.491. The summed E-state index contributed by atoms with van der Waals surface area (Å²) < 4.78 is 39.8. The predicted octanol–water partition coefficient (Wildman–Crippen LogP) is 3.70. The number of rotatable bonds is 12. The van der Waals surface area contributed by atoms with E-state index >= 15 is 0 Å². The maximum atomic E-state index is 14.2. The molecule has 186 valence electrons. The maximum absolute atomic E-state index is 14.2. The van der Waals surface area contributed by atoms with Crippen LogP contribution in [-0.4, -0.2) is 50.0 Å². The Morgan fingerprint density at radius 3 is 2.21 bits per heavy atom. The molecule has 2 aromatic carbocycles. The standard InChI is InChI=1S/C25H34FN3O4S/c1-5-22(25(31)27-19(2)3)28(18-20-12-7-6-8-13-20)24(30)16-11-17-29(34(4,32)33)23-15-10-9-14-21(23)26/h6-10,12-15,19,22H,5,11,16-18H2,1-4H3,(H,27,31). The van der Waals surface area contributed by atoms with Gasteiger partial charge in [-0.25, -0.2) is 12.8 Å². The molecule has 0 heterocycles. The van der Waals surface area contributed by atoms with Crippen LogP contribution in [0.4, 0.5) is 10.1 Å². The minimum Gasteiger partial charge on any atom is -0.352 e. The second-order valence-electron chi connectivity index (χ2n) is 8.48. The summed E-state index contributed by atoms with van der Waals surface area (Å²) in [6.07, 6.45) is 1.63. The van der Waals surface area contributed by atoms with Crippen LogP contribution in [0.3, 0.4) is 0 Å². The highest BCUT2D eigenvalue weighted by molar-refractivity contribution is 7.92. The van der Waals surface area contributed by atoms with E-state index in [0.29, 0.717) is 6.42 Å². The van der Waals surface area contributed by atoms with Gasteiger partial charge in [-0.1, -0.05) is 49.4 Å².